The molecule has 0 bridgehead atoms. The Morgan fingerprint density at radius 2 is 1.80 bits per heavy atom. The Balaban J connectivity index is 1.96. The first-order valence-corrected chi connectivity index (χ1v) is 6.03. The summed E-state index contributed by atoms with van der Waals surface area (Å²) in [6.07, 6.45) is -2.41. The minimum atomic E-state index is -4.70. The number of para-hydroxylation sites is 2. The van der Waals surface area contributed by atoms with E-state index in [1.54, 1.807) is 18.3 Å². The van der Waals surface area contributed by atoms with Crippen LogP contribution in [0.5, 0.6) is 5.75 Å². The van der Waals surface area contributed by atoms with Gasteiger partial charge in [0.05, 0.1) is 5.69 Å². The van der Waals surface area contributed by atoms with Crippen molar-refractivity contribution < 1.29 is 17.9 Å². The molecule has 2 rings (SSSR count). The number of hydrogen-bond acceptors (Lipinski definition) is 3. The van der Waals surface area contributed by atoms with Gasteiger partial charge in [0.1, 0.15) is 0 Å². The van der Waals surface area contributed by atoms with E-state index in [4.69, 9.17) is 0 Å². The highest BCUT2D eigenvalue weighted by Gasteiger charge is 2.31. The molecule has 1 aromatic carbocycles. The zero-order chi connectivity index (χ0) is 14.4. The predicted octanol–water partition coefficient (Wildman–Crippen LogP) is 3.63. The fourth-order valence-electron chi connectivity index (χ4n) is 1.70. The fraction of sp³-hybridized carbons (Fsp3) is 0.214. The van der Waals surface area contributed by atoms with Crippen LogP contribution in [0.3, 0.4) is 0 Å². The van der Waals surface area contributed by atoms with Crippen LogP contribution < -0.4 is 10.1 Å². The zero-order valence-corrected chi connectivity index (χ0v) is 10.5. The minimum Gasteiger partial charge on any atom is -0.404 e. The number of pyridine rings is 1. The van der Waals surface area contributed by atoms with Gasteiger partial charge >= 0.3 is 6.36 Å². The summed E-state index contributed by atoms with van der Waals surface area (Å²) in [6, 6.07) is 11.5. The van der Waals surface area contributed by atoms with Crippen LogP contribution >= 0.6 is 0 Å². The Bertz CT molecular complexity index is 544. The maximum absolute atomic E-state index is 12.2. The zero-order valence-electron chi connectivity index (χ0n) is 10.5. The Kier molecular flexibility index (Phi) is 4.45. The van der Waals surface area contributed by atoms with Crippen molar-refractivity contribution in [3.05, 3.63) is 54.4 Å². The molecule has 0 atom stereocenters. The van der Waals surface area contributed by atoms with Gasteiger partial charge in [-0.2, -0.15) is 0 Å². The standard InChI is InChI=1S/C14H13F3N2O/c15-14(16,17)20-13-7-2-1-6-12(13)19-10-8-11-5-3-4-9-18-11/h1-7,9,19H,8,10H2. The number of nitrogens with one attached hydrogen (secondary N) is 1. The first-order valence-electron chi connectivity index (χ1n) is 6.03. The number of halogens is 3. The molecule has 0 aliphatic rings. The molecule has 6 heteroatoms. The number of nitrogens with zero attached hydrogens (tertiary/aromatic N) is 1. The summed E-state index contributed by atoms with van der Waals surface area (Å²) in [6.45, 7) is 0.468. The van der Waals surface area contributed by atoms with Gasteiger partial charge in [-0.3, -0.25) is 4.98 Å². The van der Waals surface area contributed by atoms with Crippen molar-refractivity contribution in [2.75, 3.05) is 11.9 Å². The van der Waals surface area contributed by atoms with E-state index >= 15 is 0 Å². The van der Waals surface area contributed by atoms with Gasteiger partial charge in [-0.15, -0.1) is 13.2 Å². The smallest absolute Gasteiger partial charge is 0.404 e. The van der Waals surface area contributed by atoms with Crippen LogP contribution in [0.1, 0.15) is 5.69 Å². The molecular formula is C14H13F3N2O. The van der Waals surface area contributed by atoms with Gasteiger partial charge in [-0.1, -0.05) is 18.2 Å². The number of anilines is 1. The maximum Gasteiger partial charge on any atom is 0.573 e. The Morgan fingerprint density at radius 3 is 2.50 bits per heavy atom. The van der Waals surface area contributed by atoms with Crippen LogP contribution in [0.4, 0.5) is 18.9 Å². The van der Waals surface area contributed by atoms with Crippen molar-refractivity contribution >= 4 is 5.69 Å². The van der Waals surface area contributed by atoms with Crippen molar-refractivity contribution in [2.45, 2.75) is 12.8 Å². The lowest BCUT2D eigenvalue weighted by atomic mass is 10.2. The lowest BCUT2D eigenvalue weighted by molar-refractivity contribution is -0.274. The van der Waals surface area contributed by atoms with Crippen LogP contribution in [0.25, 0.3) is 0 Å². The van der Waals surface area contributed by atoms with E-state index in [9.17, 15) is 13.2 Å². The van der Waals surface area contributed by atoms with E-state index in [-0.39, 0.29) is 5.75 Å². The van der Waals surface area contributed by atoms with Gasteiger partial charge in [-0.05, 0) is 24.3 Å². The van der Waals surface area contributed by atoms with E-state index < -0.39 is 6.36 Å². The molecule has 20 heavy (non-hydrogen) atoms. The van der Waals surface area contributed by atoms with Crippen LogP contribution in [-0.2, 0) is 6.42 Å². The molecule has 3 nitrogen and oxygen atoms in total. The normalized spacial score (nSPS) is 11.2. The lowest BCUT2D eigenvalue weighted by Crippen LogP contribution is -2.18. The molecule has 0 aliphatic heterocycles. The molecule has 0 radical (unpaired) electrons. The van der Waals surface area contributed by atoms with Gasteiger partial charge in [0, 0.05) is 24.9 Å². The van der Waals surface area contributed by atoms with Crippen molar-refractivity contribution in [1.29, 1.82) is 0 Å². The van der Waals surface area contributed by atoms with Gasteiger partial charge in [-0.25, -0.2) is 0 Å². The van der Waals surface area contributed by atoms with Gasteiger partial charge in [0.15, 0.2) is 5.75 Å². The van der Waals surface area contributed by atoms with E-state index in [0.29, 0.717) is 18.7 Å². The molecule has 0 saturated heterocycles. The third-order valence-electron chi connectivity index (χ3n) is 2.54. The molecule has 0 spiro atoms. The van der Waals surface area contributed by atoms with Crippen molar-refractivity contribution in [2.24, 2.45) is 0 Å². The molecule has 0 saturated carbocycles. The highest BCUT2D eigenvalue weighted by atomic mass is 19.4. The second kappa shape index (κ2) is 6.27. The number of alkyl halides is 3. The molecule has 2 aromatic rings. The van der Waals surface area contributed by atoms with E-state index in [2.05, 4.69) is 15.0 Å². The molecule has 0 fully saturated rings. The van der Waals surface area contributed by atoms with E-state index in [1.807, 2.05) is 18.2 Å². The topological polar surface area (TPSA) is 34.1 Å². The number of benzene rings is 1. The van der Waals surface area contributed by atoms with Crippen LogP contribution in [0.15, 0.2) is 48.7 Å². The van der Waals surface area contributed by atoms with Crippen LogP contribution in [0.2, 0.25) is 0 Å². The Labute approximate surface area is 114 Å². The number of aromatic nitrogens is 1. The van der Waals surface area contributed by atoms with Gasteiger partial charge < -0.3 is 10.1 Å². The molecule has 0 aliphatic carbocycles. The van der Waals surface area contributed by atoms with Crippen molar-refractivity contribution in [1.82, 2.24) is 4.98 Å². The third-order valence-corrected chi connectivity index (χ3v) is 2.54. The molecule has 1 heterocycles. The molecule has 0 unspecified atom stereocenters. The second-order valence-electron chi connectivity index (χ2n) is 4.04. The summed E-state index contributed by atoms with van der Waals surface area (Å²) in [4.78, 5) is 4.14. The largest absolute Gasteiger partial charge is 0.573 e. The van der Waals surface area contributed by atoms with Crippen LogP contribution in [0, 0.1) is 0 Å². The number of ether oxygens (including phenoxy) is 1. The van der Waals surface area contributed by atoms with Crippen molar-refractivity contribution in [3.63, 3.8) is 0 Å². The maximum atomic E-state index is 12.2. The van der Waals surface area contributed by atoms with Gasteiger partial charge in [0.2, 0.25) is 0 Å². The second-order valence-corrected chi connectivity index (χ2v) is 4.04. The first kappa shape index (κ1) is 14.2. The predicted molar refractivity (Wildman–Crippen MR) is 69.6 cm³/mol. The Hall–Kier alpha value is -2.24. The summed E-state index contributed by atoms with van der Waals surface area (Å²) >= 11 is 0. The minimum absolute atomic E-state index is 0.235. The highest BCUT2D eigenvalue weighted by molar-refractivity contribution is 5.56. The lowest BCUT2D eigenvalue weighted by Gasteiger charge is -2.14. The number of hydrogen-bond donors (Lipinski definition) is 1. The quantitative estimate of drug-likeness (QED) is 0.909. The van der Waals surface area contributed by atoms with Gasteiger partial charge in [0.25, 0.3) is 0 Å². The summed E-state index contributed by atoms with van der Waals surface area (Å²) in [5.74, 6) is -0.235. The molecule has 1 aromatic heterocycles. The summed E-state index contributed by atoms with van der Waals surface area (Å²) in [5, 5.41) is 2.92. The molecule has 1 N–H and O–H groups in total. The summed E-state index contributed by atoms with van der Waals surface area (Å²) in [5.41, 5.74) is 1.18. The monoisotopic (exact) mass is 282 g/mol. The Morgan fingerprint density at radius 1 is 1.05 bits per heavy atom. The molecule has 106 valence electrons. The van der Waals surface area contributed by atoms with Crippen molar-refractivity contribution in [3.8, 4) is 5.75 Å². The first-order chi connectivity index (χ1) is 9.54. The van der Waals surface area contributed by atoms with Crippen LogP contribution in [-0.4, -0.2) is 17.9 Å². The average Bonchev–Trinajstić information content (AvgIpc) is 2.40. The molecular weight excluding hydrogens is 269 g/mol. The fourth-order valence-corrected chi connectivity index (χ4v) is 1.70. The summed E-state index contributed by atoms with van der Waals surface area (Å²) < 4.78 is 40.7. The average molecular weight is 282 g/mol. The number of rotatable bonds is 5. The summed E-state index contributed by atoms with van der Waals surface area (Å²) in [7, 11) is 0. The SMILES string of the molecule is FC(F)(F)Oc1ccccc1NCCc1ccccn1. The molecule has 0 amide bonds. The highest BCUT2D eigenvalue weighted by Crippen LogP contribution is 2.29. The van der Waals surface area contributed by atoms with E-state index in [1.165, 1.54) is 12.1 Å². The van der Waals surface area contributed by atoms with E-state index in [0.717, 1.165) is 5.69 Å². The third kappa shape index (κ3) is 4.46.